The van der Waals surface area contributed by atoms with Crippen molar-refractivity contribution >= 4 is 16.6 Å². The van der Waals surface area contributed by atoms with E-state index < -0.39 is 35.2 Å². The van der Waals surface area contributed by atoms with Crippen LogP contribution < -0.4 is 4.90 Å². The summed E-state index contributed by atoms with van der Waals surface area (Å²) in [6, 6.07) is 11.1. The summed E-state index contributed by atoms with van der Waals surface area (Å²) in [5.74, 6) is 0. The van der Waals surface area contributed by atoms with Crippen molar-refractivity contribution < 1.29 is 31.4 Å². The average molecular weight is 426 g/mol. The number of rotatable bonds is 3. The molecule has 0 fully saturated rings. The van der Waals surface area contributed by atoms with Gasteiger partial charge in [-0.1, -0.05) is 30.3 Å². The second-order valence-electron chi connectivity index (χ2n) is 7.13. The summed E-state index contributed by atoms with van der Waals surface area (Å²) < 4.78 is 80.2. The van der Waals surface area contributed by atoms with E-state index >= 15 is 0 Å². The molecule has 158 valence electrons. The first-order valence-electron chi connectivity index (χ1n) is 9.14. The number of halogens is 6. The van der Waals surface area contributed by atoms with E-state index in [0.29, 0.717) is 25.1 Å². The predicted molar refractivity (Wildman–Crippen MR) is 99.1 cm³/mol. The molecule has 1 atom stereocenters. The number of alkyl halides is 6. The van der Waals surface area contributed by atoms with E-state index in [0.717, 1.165) is 17.3 Å². The molecule has 3 aromatic rings. The first-order chi connectivity index (χ1) is 14.1. The lowest BCUT2D eigenvalue weighted by atomic mass is 9.99. The van der Waals surface area contributed by atoms with Gasteiger partial charge in [0.2, 0.25) is 0 Å². The maximum absolute atomic E-state index is 13.4. The van der Waals surface area contributed by atoms with Crippen molar-refractivity contribution in [3.63, 3.8) is 0 Å². The van der Waals surface area contributed by atoms with Gasteiger partial charge in [0.05, 0.1) is 17.2 Å². The number of hydrogen-bond donors (Lipinski definition) is 1. The largest absolute Gasteiger partial charge is 0.433 e. The van der Waals surface area contributed by atoms with Crippen LogP contribution in [0.25, 0.3) is 10.9 Å². The summed E-state index contributed by atoms with van der Waals surface area (Å²) in [6.07, 6.45) is -10.6. The molecule has 1 N–H and O–H groups in total. The van der Waals surface area contributed by atoms with Crippen LogP contribution in [0.4, 0.5) is 32.0 Å². The zero-order valence-electron chi connectivity index (χ0n) is 15.4. The molecule has 0 saturated carbocycles. The highest BCUT2D eigenvalue weighted by atomic mass is 19.4. The first kappa shape index (κ1) is 20.5. The summed E-state index contributed by atoms with van der Waals surface area (Å²) in [5.41, 5.74) is -1.91. The van der Waals surface area contributed by atoms with Gasteiger partial charge in [0.15, 0.2) is 0 Å². The normalized spacial score (nSPS) is 15.5. The van der Waals surface area contributed by atoms with Crippen molar-refractivity contribution in [2.45, 2.75) is 24.9 Å². The van der Waals surface area contributed by atoms with Crippen molar-refractivity contribution in [3.05, 3.63) is 70.9 Å². The highest BCUT2D eigenvalue weighted by Gasteiger charge is 2.38. The van der Waals surface area contributed by atoms with E-state index in [1.807, 2.05) is 29.2 Å². The minimum absolute atomic E-state index is 0.0519. The number of hydrogen-bond acceptors (Lipinski definition) is 3. The molecule has 0 radical (unpaired) electrons. The molecule has 2 aromatic carbocycles. The van der Waals surface area contributed by atoms with Crippen molar-refractivity contribution in [1.82, 2.24) is 4.98 Å². The Kier molecular flexibility index (Phi) is 4.88. The van der Waals surface area contributed by atoms with Crippen molar-refractivity contribution in [2.24, 2.45) is 0 Å². The second kappa shape index (κ2) is 7.16. The molecule has 0 bridgehead atoms. The van der Waals surface area contributed by atoms with Gasteiger partial charge in [-0.05, 0) is 35.7 Å². The number of aliphatic hydroxyl groups is 1. The lowest BCUT2D eigenvalue weighted by Gasteiger charge is -2.25. The Balaban J connectivity index is 1.81. The van der Waals surface area contributed by atoms with Gasteiger partial charge in [-0.3, -0.25) is 0 Å². The van der Waals surface area contributed by atoms with Crippen molar-refractivity contribution in [3.8, 4) is 0 Å². The lowest BCUT2D eigenvalue weighted by Crippen LogP contribution is -2.27. The molecule has 1 unspecified atom stereocenters. The Bertz CT molecular complexity index is 1090. The maximum atomic E-state index is 13.4. The summed E-state index contributed by atoms with van der Waals surface area (Å²) >= 11 is 0. The first-order valence-corrected chi connectivity index (χ1v) is 9.14. The van der Waals surface area contributed by atoms with E-state index in [1.165, 1.54) is 6.07 Å². The third kappa shape index (κ3) is 3.69. The molecule has 0 aliphatic carbocycles. The number of anilines is 1. The Morgan fingerprint density at radius 1 is 0.967 bits per heavy atom. The number of pyridine rings is 1. The minimum atomic E-state index is -4.96. The molecule has 0 saturated heterocycles. The van der Waals surface area contributed by atoms with Crippen molar-refractivity contribution in [2.75, 3.05) is 18.0 Å². The molecule has 1 aromatic heterocycles. The Labute approximate surface area is 167 Å². The number of para-hydroxylation sites is 2. The smallest absolute Gasteiger partial charge is 0.387 e. The van der Waals surface area contributed by atoms with E-state index in [2.05, 4.69) is 4.98 Å². The zero-order valence-corrected chi connectivity index (χ0v) is 15.4. The molecule has 1 aliphatic rings. The van der Waals surface area contributed by atoms with Gasteiger partial charge in [-0.2, -0.15) is 26.3 Å². The van der Waals surface area contributed by atoms with Crippen LogP contribution >= 0.6 is 0 Å². The molecular formula is C21H16F6N2O. The van der Waals surface area contributed by atoms with Crippen molar-refractivity contribution in [1.29, 1.82) is 0 Å². The fraction of sp³-hybridized carbons (Fsp3) is 0.286. The van der Waals surface area contributed by atoms with Crippen LogP contribution in [0.2, 0.25) is 0 Å². The second-order valence-corrected chi connectivity index (χ2v) is 7.13. The zero-order chi connectivity index (χ0) is 21.7. The standard InChI is InChI=1S/C21H16F6N2O/c22-20(23,24)15-6-3-5-13-14(10-18(21(25,26)27)28-19(13)15)17(30)11-29-9-8-12-4-1-2-7-16(12)29/h1-7,10,17,30H,8-9,11H2. The number of fused-ring (bicyclic) bond motifs is 2. The van der Waals surface area contributed by atoms with Crippen LogP contribution in [0.1, 0.15) is 28.5 Å². The monoisotopic (exact) mass is 426 g/mol. The minimum Gasteiger partial charge on any atom is -0.387 e. The van der Waals surface area contributed by atoms with Crippen LogP contribution in [0.15, 0.2) is 48.5 Å². The van der Waals surface area contributed by atoms with E-state index in [1.54, 1.807) is 0 Å². The SMILES string of the molecule is OC(CN1CCc2ccccc21)c1cc(C(F)(F)F)nc2c(C(F)(F)F)cccc12. The van der Waals surface area contributed by atoms with Crippen LogP contribution in [-0.4, -0.2) is 23.2 Å². The van der Waals surface area contributed by atoms with Gasteiger partial charge in [-0.25, -0.2) is 4.98 Å². The lowest BCUT2D eigenvalue weighted by molar-refractivity contribution is -0.142. The number of aliphatic hydroxyl groups excluding tert-OH is 1. The predicted octanol–water partition coefficient (Wildman–Crippen LogP) is 5.37. The molecule has 0 spiro atoms. The average Bonchev–Trinajstić information content (AvgIpc) is 3.08. The summed E-state index contributed by atoms with van der Waals surface area (Å²) in [5, 5.41) is 10.6. The third-order valence-corrected chi connectivity index (χ3v) is 5.20. The van der Waals surface area contributed by atoms with Gasteiger partial charge < -0.3 is 10.0 Å². The molecular weight excluding hydrogens is 410 g/mol. The molecule has 2 heterocycles. The number of aromatic nitrogens is 1. The Morgan fingerprint density at radius 3 is 2.40 bits per heavy atom. The van der Waals surface area contributed by atoms with E-state index in [4.69, 9.17) is 0 Å². The number of nitrogens with zero attached hydrogens (tertiary/aromatic N) is 2. The van der Waals surface area contributed by atoms with Gasteiger partial charge in [0, 0.05) is 24.2 Å². The highest BCUT2D eigenvalue weighted by Crippen LogP contribution is 2.39. The summed E-state index contributed by atoms with van der Waals surface area (Å²) in [4.78, 5) is 5.07. The van der Waals surface area contributed by atoms with E-state index in [-0.39, 0.29) is 17.5 Å². The Hall–Kier alpha value is -2.81. The molecule has 3 nitrogen and oxygen atoms in total. The fourth-order valence-electron chi connectivity index (χ4n) is 3.83. The molecule has 1 aliphatic heterocycles. The maximum Gasteiger partial charge on any atom is 0.433 e. The molecule has 0 amide bonds. The van der Waals surface area contributed by atoms with Gasteiger partial charge in [-0.15, -0.1) is 0 Å². The van der Waals surface area contributed by atoms with Crippen LogP contribution in [0, 0.1) is 0 Å². The third-order valence-electron chi connectivity index (χ3n) is 5.20. The van der Waals surface area contributed by atoms with Gasteiger partial charge in [0.25, 0.3) is 0 Å². The van der Waals surface area contributed by atoms with Gasteiger partial charge in [0.1, 0.15) is 5.69 Å². The fourth-order valence-corrected chi connectivity index (χ4v) is 3.83. The topological polar surface area (TPSA) is 36.4 Å². The molecule has 9 heteroatoms. The van der Waals surface area contributed by atoms with E-state index in [9.17, 15) is 31.4 Å². The summed E-state index contributed by atoms with van der Waals surface area (Å²) in [7, 11) is 0. The Morgan fingerprint density at radius 2 is 1.70 bits per heavy atom. The van der Waals surface area contributed by atoms with Crippen LogP contribution in [0.3, 0.4) is 0 Å². The van der Waals surface area contributed by atoms with Crippen LogP contribution in [0.5, 0.6) is 0 Å². The van der Waals surface area contributed by atoms with Crippen LogP contribution in [-0.2, 0) is 18.8 Å². The molecule has 4 rings (SSSR count). The number of benzene rings is 2. The summed E-state index contributed by atoms with van der Waals surface area (Å²) in [6.45, 7) is 0.503. The number of β-amino-alcohol motifs (C(OH)–C–C–N with tert-alkyl or cyclic N) is 1. The highest BCUT2D eigenvalue weighted by molar-refractivity contribution is 5.86. The molecule has 30 heavy (non-hydrogen) atoms. The quantitative estimate of drug-likeness (QED) is 0.573. The van der Waals surface area contributed by atoms with Gasteiger partial charge >= 0.3 is 12.4 Å².